The fourth-order valence-electron chi connectivity index (χ4n) is 3.71. The lowest BCUT2D eigenvalue weighted by Gasteiger charge is -2.38. The Hall–Kier alpha value is -0.160. The molecule has 0 aromatic carbocycles. The van der Waals surface area contributed by atoms with Crippen LogP contribution in [0.1, 0.15) is 40.0 Å². The average molecular weight is 297 g/mol. The van der Waals surface area contributed by atoms with Gasteiger partial charge in [-0.3, -0.25) is 4.90 Å². The van der Waals surface area contributed by atoms with E-state index in [-0.39, 0.29) is 0 Å². The molecule has 2 unspecified atom stereocenters. The molecule has 4 heteroatoms. The number of likely N-dealkylation sites (N-methyl/N-ethyl adjacent to an activating group) is 1. The predicted octanol–water partition coefficient (Wildman–Crippen LogP) is 1.81. The zero-order chi connectivity index (χ0) is 15.3. The Morgan fingerprint density at radius 3 is 2.76 bits per heavy atom. The quantitative estimate of drug-likeness (QED) is 0.809. The van der Waals surface area contributed by atoms with Gasteiger partial charge in [-0.15, -0.1) is 0 Å². The normalized spacial score (nSPS) is 32.7. The molecule has 21 heavy (non-hydrogen) atoms. The van der Waals surface area contributed by atoms with Crippen molar-refractivity contribution in [3.8, 4) is 0 Å². The smallest absolute Gasteiger partial charge is 0.0547 e. The van der Waals surface area contributed by atoms with Gasteiger partial charge in [0.25, 0.3) is 0 Å². The van der Waals surface area contributed by atoms with E-state index in [2.05, 4.69) is 42.9 Å². The molecule has 2 heterocycles. The number of nitrogens with one attached hydrogen (secondary N) is 1. The minimum absolute atomic E-state index is 0.320. The molecule has 0 aromatic rings. The maximum absolute atomic E-state index is 5.78. The maximum Gasteiger partial charge on any atom is 0.0547 e. The Labute approximate surface area is 131 Å². The average Bonchev–Trinajstić information content (AvgIpc) is 2.83. The van der Waals surface area contributed by atoms with E-state index in [1.165, 1.54) is 45.4 Å². The Morgan fingerprint density at radius 1 is 1.33 bits per heavy atom. The van der Waals surface area contributed by atoms with Gasteiger partial charge in [-0.05, 0) is 39.4 Å². The first-order chi connectivity index (χ1) is 10.0. The van der Waals surface area contributed by atoms with Gasteiger partial charge in [0.15, 0.2) is 0 Å². The van der Waals surface area contributed by atoms with Gasteiger partial charge in [0, 0.05) is 43.7 Å². The summed E-state index contributed by atoms with van der Waals surface area (Å²) in [5, 5.41) is 3.66. The molecule has 0 aliphatic carbocycles. The third-order valence-electron chi connectivity index (χ3n) is 5.10. The van der Waals surface area contributed by atoms with Gasteiger partial charge in [-0.2, -0.15) is 0 Å². The molecule has 2 aliphatic rings. The first-order valence-corrected chi connectivity index (χ1v) is 8.78. The molecule has 2 rings (SSSR count). The minimum Gasteiger partial charge on any atom is -0.381 e. The highest BCUT2D eigenvalue weighted by molar-refractivity contribution is 4.91. The summed E-state index contributed by atoms with van der Waals surface area (Å²) >= 11 is 0. The van der Waals surface area contributed by atoms with Crippen LogP contribution in [0.3, 0.4) is 0 Å². The van der Waals surface area contributed by atoms with Crippen molar-refractivity contribution in [3.05, 3.63) is 0 Å². The largest absolute Gasteiger partial charge is 0.381 e. The molecule has 4 nitrogen and oxygen atoms in total. The van der Waals surface area contributed by atoms with Gasteiger partial charge in [0.2, 0.25) is 0 Å². The van der Waals surface area contributed by atoms with Crippen LogP contribution < -0.4 is 5.32 Å². The minimum atomic E-state index is 0.320. The van der Waals surface area contributed by atoms with Crippen molar-refractivity contribution in [1.82, 2.24) is 15.1 Å². The summed E-state index contributed by atoms with van der Waals surface area (Å²) in [5.41, 5.74) is 0.320. The van der Waals surface area contributed by atoms with Crippen LogP contribution in [0.15, 0.2) is 0 Å². The van der Waals surface area contributed by atoms with Gasteiger partial charge in [0.05, 0.1) is 6.61 Å². The van der Waals surface area contributed by atoms with E-state index in [0.29, 0.717) is 17.5 Å². The van der Waals surface area contributed by atoms with Gasteiger partial charge < -0.3 is 15.0 Å². The maximum atomic E-state index is 5.78. The summed E-state index contributed by atoms with van der Waals surface area (Å²) in [5.74, 6) is 0. The summed E-state index contributed by atoms with van der Waals surface area (Å²) in [7, 11) is 2.26. The van der Waals surface area contributed by atoms with Crippen molar-refractivity contribution in [1.29, 1.82) is 0 Å². The Bertz CT molecular complexity index is 302. The van der Waals surface area contributed by atoms with Gasteiger partial charge in [0.1, 0.15) is 0 Å². The fraction of sp³-hybridized carbons (Fsp3) is 1.00. The number of hydrogen-bond donors (Lipinski definition) is 1. The topological polar surface area (TPSA) is 27.7 Å². The van der Waals surface area contributed by atoms with Crippen molar-refractivity contribution >= 4 is 0 Å². The van der Waals surface area contributed by atoms with Crippen molar-refractivity contribution < 1.29 is 4.74 Å². The van der Waals surface area contributed by atoms with Gasteiger partial charge in [-0.25, -0.2) is 0 Å². The highest BCUT2D eigenvalue weighted by Crippen LogP contribution is 2.31. The SMILES string of the molecule is CCC1CN(C)CCCN1CC1(CNC(C)C)CCOC1. The zero-order valence-corrected chi connectivity index (χ0v) is 14.5. The molecule has 0 saturated carbocycles. The summed E-state index contributed by atoms with van der Waals surface area (Å²) in [6, 6.07) is 1.26. The predicted molar refractivity (Wildman–Crippen MR) is 88.8 cm³/mol. The summed E-state index contributed by atoms with van der Waals surface area (Å²) in [6.07, 6.45) is 3.75. The molecule has 2 aliphatic heterocycles. The molecule has 124 valence electrons. The van der Waals surface area contributed by atoms with Crippen LogP contribution in [-0.4, -0.2) is 74.9 Å². The Balaban J connectivity index is 2.00. The second-order valence-electron chi connectivity index (χ2n) is 7.49. The first-order valence-electron chi connectivity index (χ1n) is 8.78. The lowest BCUT2D eigenvalue weighted by Crippen LogP contribution is -2.50. The molecule has 0 spiro atoms. The van der Waals surface area contributed by atoms with Crippen LogP contribution in [0.4, 0.5) is 0 Å². The van der Waals surface area contributed by atoms with Crippen molar-refractivity contribution in [3.63, 3.8) is 0 Å². The summed E-state index contributed by atoms with van der Waals surface area (Å²) in [4.78, 5) is 5.25. The molecule has 0 amide bonds. The van der Waals surface area contributed by atoms with Crippen LogP contribution in [0.25, 0.3) is 0 Å². The van der Waals surface area contributed by atoms with Crippen molar-refractivity contribution in [2.24, 2.45) is 5.41 Å². The second-order valence-corrected chi connectivity index (χ2v) is 7.49. The van der Waals surface area contributed by atoms with Crippen LogP contribution >= 0.6 is 0 Å². The monoisotopic (exact) mass is 297 g/mol. The molecule has 2 saturated heterocycles. The zero-order valence-electron chi connectivity index (χ0n) is 14.5. The van der Waals surface area contributed by atoms with E-state index < -0.39 is 0 Å². The van der Waals surface area contributed by atoms with Crippen LogP contribution in [0, 0.1) is 5.41 Å². The third-order valence-corrected chi connectivity index (χ3v) is 5.10. The van der Waals surface area contributed by atoms with E-state index >= 15 is 0 Å². The first kappa shape index (κ1) is 17.2. The van der Waals surface area contributed by atoms with Gasteiger partial charge >= 0.3 is 0 Å². The van der Waals surface area contributed by atoms with E-state index in [9.17, 15) is 0 Å². The standard InChI is InChI=1S/C17H35N3O/c1-5-16-11-19(4)8-6-9-20(16)13-17(7-10-21-14-17)12-18-15(2)3/h15-16,18H,5-14H2,1-4H3. The highest BCUT2D eigenvalue weighted by atomic mass is 16.5. The lowest BCUT2D eigenvalue weighted by molar-refractivity contribution is 0.0821. The third kappa shape index (κ3) is 4.92. The molecule has 2 fully saturated rings. The van der Waals surface area contributed by atoms with E-state index in [0.717, 1.165) is 19.8 Å². The van der Waals surface area contributed by atoms with Crippen LogP contribution in [0.5, 0.6) is 0 Å². The molecule has 0 bridgehead atoms. The number of nitrogens with zero attached hydrogens (tertiary/aromatic N) is 2. The Morgan fingerprint density at radius 2 is 2.14 bits per heavy atom. The molecule has 2 atom stereocenters. The molecule has 0 aromatic heterocycles. The van der Waals surface area contributed by atoms with Crippen LogP contribution in [0.2, 0.25) is 0 Å². The van der Waals surface area contributed by atoms with E-state index in [1.807, 2.05) is 0 Å². The number of rotatable bonds is 6. The number of hydrogen-bond acceptors (Lipinski definition) is 4. The van der Waals surface area contributed by atoms with Crippen molar-refractivity contribution in [2.45, 2.75) is 52.1 Å². The second kappa shape index (κ2) is 7.91. The van der Waals surface area contributed by atoms with Crippen LogP contribution in [-0.2, 0) is 4.74 Å². The van der Waals surface area contributed by atoms with E-state index in [1.54, 1.807) is 0 Å². The van der Waals surface area contributed by atoms with Crippen molar-refractivity contribution in [2.75, 3.05) is 53.0 Å². The summed E-state index contributed by atoms with van der Waals surface area (Å²) in [6.45, 7) is 14.6. The molecular formula is C17H35N3O. The lowest BCUT2D eigenvalue weighted by atomic mass is 9.85. The molecular weight excluding hydrogens is 262 g/mol. The van der Waals surface area contributed by atoms with Gasteiger partial charge in [-0.1, -0.05) is 20.8 Å². The Kier molecular flexibility index (Phi) is 6.48. The highest BCUT2D eigenvalue weighted by Gasteiger charge is 2.38. The molecule has 0 radical (unpaired) electrons. The van der Waals surface area contributed by atoms with E-state index in [4.69, 9.17) is 4.74 Å². The molecule has 1 N–H and O–H groups in total. The number of ether oxygens (including phenoxy) is 1. The summed E-state index contributed by atoms with van der Waals surface area (Å²) < 4.78 is 5.78. The fourth-order valence-corrected chi connectivity index (χ4v) is 3.71.